The lowest BCUT2D eigenvalue weighted by Crippen LogP contribution is -2.29. The highest BCUT2D eigenvalue weighted by atomic mass is 35.5. The minimum atomic E-state index is -0.606. The Labute approximate surface area is 119 Å². The monoisotopic (exact) mass is 291 g/mol. The molecule has 0 N–H and O–H groups in total. The van der Waals surface area contributed by atoms with Crippen LogP contribution in [0.2, 0.25) is 5.02 Å². The van der Waals surface area contributed by atoms with Gasteiger partial charge in [0.15, 0.2) is 5.82 Å². The fourth-order valence-corrected chi connectivity index (χ4v) is 2.23. The maximum atomic E-state index is 12.0. The molecule has 0 spiro atoms. The van der Waals surface area contributed by atoms with Crippen molar-refractivity contribution in [1.29, 1.82) is 0 Å². The van der Waals surface area contributed by atoms with Gasteiger partial charge in [0.05, 0.1) is 17.8 Å². The fraction of sp³-hybridized carbons (Fsp3) is 0.231. The Morgan fingerprint density at radius 1 is 1.35 bits per heavy atom. The number of hydrogen-bond acceptors (Lipinski definition) is 5. The molecule has 0 saturated heterocycles. The SMILES string of the molecule is CCc1nc(CN2C(=O)C(=O)c3ccc(Cl)cc32)no1. The van der Waals surface area contributed by atoms with Gasteiger partial charge in [-0.25, -0.2) is 0 Å². The zero-order chi connectivity index (χ0) is 14.3. The van der Waals surface area contributed by atoms with E-state index in [1.54, 1.807) is 18.2 Å². The van der Waals surface area contributed by atoms with Crippen LogP contribution in [0.25, 0.3) is 0 Å². The van der Waals surface area contributed by atoms with Crippen molar-refractivity contribution in [1.82, 2.24) is 10.1 Å². The van der Waals surface area contributed by atoms with Crippen molar-refractivity contribution < 1.29 is 14.1 Å². The maximum Gasteiger partial charge on any atom is 0.299 e. The van der Waals surface area contributed by atoms with Crippen molar-refractivity contribution >= 4 is 29.0 Å². The minimum absolute atomic E-state index is 0.0847. The second kappa shape index (κ2) is 4.72. The highest BCUT2D eigenvalue weighted by Gasteiger charge is 2.36. The molecule has 3 rings (SSSR count). The van der Waals surface area contributed by atoms with E-state index in [2.05, 4.69) is 10.1 Å². The van der Waals surface area contributed by atoms with Gasteiger partial charge in [0.25, 0.3) is 11.7 Å². The lowest BCUT2D eigenvalue weighted by molar-refractivity contribution is -0.114. The first kappa shape index (κ1) is 12.8. The number of aromatic nitrogens is 2. The van der Waals surface area contributed by atoms with E-state index in [9.17, 15) is 9.59 Å². The molecular formula is C13H10ClN3O3. The molecule has 0 unspecified atom stereocenters. The van der Waals surface area contributed by atoms with Crippen molar-refractivity contribution in [3.8, 4) is 0 Å². The quantitative estimate of drug-likeness (QED) is 0.809. The van der Waals surface area contributed by atoms with Crippen LogP contribution in [0.15, 0.2) is 22.7 Å². The average Bonchev–Trinajstić information content (AvgIpc) is 2.98. The molecule has 1 aromatic heterocycles. The lowest BCUT2D eigenvalue weighted by Gasteiger charge is -2.13. The summed E-state index contributed by atoms with van der Waals surface area (Å²) in [5.74, 6) is -0.305. The third-order valence-electron chi connectivity index (χ3n) is 3.05. The third kappa shape index (κ3) is 1.98. The predicted molar refractivity (Wildman–Crippen MR) is 70.6 cm³/mol. The summed E-state index contributed by atoms with van der Waals surface area (Å²) < 4.78 is 4.99. The normalized spacial score (nSPS) is 14.0. The van der Waals surface area contributed by atoms with Crippen LogP contribution in [0, 0.1) is 0 Å². The molecule has 0 atom stereocenters. The second-order valence-corrected chi connectivity index (χ2v) is 4.78. The molecular weight excluding hydrogens is 282 g/mol. The number of Topliss-reactive ketones (excluding diaryl/α,β-unsaturated/α-hetero) is 1. The van der Waals surface area contributed by atoms with Gasteiger partial charge in [-0.05, 0) is 18.2 Å². The number of amides is 1. The van der Waals surface area contributed by atoms with Gasteiger partial charge < -0.3 is 4.52 Å². The summed E-state index contributed by atoms with van der Waals surface area (Å²) in [6.07, 6.45) is 0.613. The van der Waals surface area contributed by atoms with Crippen LogP contribution in [0.4, 0.5) is 5.69 Å². The van der Waals surface area contributed by atoms with E-state index in [4.69, 9.17) is 16.1 Å². The summed E-state index contributed by atoms with van der Waals surface area (Å²) in [6.45, 7) is 1.97. The second-order valence-electron chi connectivity index (χ2n) is 4.34. The van der Waals surface area contributed by atoms with Crippen LogP contribution >= 0.6 is 11.6 Å². The Hall–Kier alpha value is -2.21. The summed E-state index contributed by atoms with van der Waals surface area (Å²) in [5, 5.41) is 4.24. The van der Waals surface area contributed by atoms with E-state index in [0.29, 0.717) is 34.4 Å². The molecule has 0 saturated carbocycles. The summed E-state index contributed by atoms with van der Waals surface area (Å²) in [6, 6.07) is 4.71. The largest absolute Gasteiger partial charge is 0.339 e. The summed E-state index contributed by atoms with van der Waals surface area (Å²) in [7, 11) is 0. The number of rotatable bonds is 3. The fourth-order valence-electron chi connectivity index (χ4n) is 2.06. The van der Waals surface area contributed by atoms with Gasteiger partial charge in [0.2, 0.25) is 5.89 Å². The average molecular weight is 292 g/mol. The number of fused-ring (bicyclic) bond motifs is 1. The molecule has 1 aliphatic rings. The Kier molecular flexibility index (Phi) is 3.02. The van der Waals surface area contributed by atoms with Crippen LogP contribution in [0.3, 0.4) is 0 Å². The Balaban J connectivity index is 1.96. The lowest BCUT2D eigenvalue weighted by atomic mass is 10.1. The van der Waals surface area contributed by atoms with Crippen molar-refractivity contribution in [2.24, 2.45) is 0 Å². The molecule has 102 valence electrons. The van der Waals surface area contributed by atoms with E-state index in [1.807, 2.05) is 6.92 Å². The smallest absolute Gasteiger partial charge is 0.299 e. The molecule has 6 nitrogen and oxygen atoms in total. The van der Waals surface area contributed by atoms with E-state index in [-0.39, 0.29) is 6.54 Å². The number of benzene rings is 1. The van der Waals surface area contributed by atoms with Gasteiger partial charge in [-0.3, -0.25) is 14.5 Å². The van der Waals surface area contributed by atoms with Gasteiger partial charge in [-0.1, -0.05) is 23.7 Å². The zero-order valence-electron chi connectivity index (χ0n) is 10.6. The molecule has 0 bridgehead atoms. The van der Waals surface area contributed by atoms with Crippen LogP contribution in [-0.2, 0) is 17.8 Å². The van der Waals surface area contributed by atoms with Crippen LogP contribution in [-0.4, -0.2) is 21.8 Å². The first-order valence-electron chi connectivity index (χ1n) is 6.07. The number of hydrogen-bond donors (Lipinski definition) is 0. The summed E-state index contributed by atoms with van der Waals surface area (Å²) >= 11 is 5.91. The molecule has 0 aliphatic carbocycles. The minimum Gasteiger partial charge on any atom is -0.339 e. The van der Waals surface area contributed by atoms with Gasteiger partial charge in [-0.15, -0.1) is 0 Å². The van der Waals surface area contributed by atoms with Gasteiger partial charge in [-0.2, -0.15) is 4.98 Å². The molecule has 1 aromatic carbocycles. The first-order valence-corrected chi connectivity index (χ1v) is 6.45. The van der Waals surface area contributed by atoms with Crippen LogP contribution in [0.5, 0.6) is 0 Å². The molecule has 0 radical (unpaired) electrons. The number of anilines is 1. The van der Waals surface area contributed by atoms with E-state index >= 15 is 0 Å². The number of ketones is 1. The molecule has 1 aliphatic heterocycles. The van der Waals surface area contributed by atoms with Crippen molar-refractivity contribution in [2.75, 3.05) is 4.90 Å². The molecule has 2 aromatic rings. The van der Waals surface area contributed by atoms with E-state index in [0.717, 1.165) is 0 Å². The van der Waals surface area contributed by atoms with Crippen molar-refractivity contribution in [2.45, 2.75) is 19.9 Å². The van der Waals surface area contributed by atoms with Crippen molar-refractivity contribution in [3.05, 3.63) is 40.5 Å². The van der Waals surface area contributed by atoms with E-state index < -0.39 is 11.7 Å². The summed E-state index contributed by atoms with van der Waals surface area (Å²) in [5.41, 5.74) is 0.828. The van der Waals surface area contributed by atoms with Gasteiger partial charge in [0.1, 0.15) is 0 Å². The topological polar surface area (TPSA) is 76.3 Å². The Bertz CT molecular complexity index is 711. The first-order chi connectivity index (χ1) is 9.60. The highest BCUT2D eigenvalue weighted by Crippen LogP contribution is 2.32. The van der Waals surface area contributed by atoms with Crippen LogP contribution in [0.1, 0.15) is 29.0 Å². The molecule has 0 fully saturated rings. The molecule has 2 heterocycles. The van der Waals surface area contributed by atoms with E-state index in [1.165, 1.54) is 4.90 Å². The van der Waals surface area contributed by atoms with Gasteiger partial charge >= 0.3 is 0 Å². The predicted octanol–water partition coefficient (Wildman–Crippen LogP) is 2.01. The number of carbonyl (C=O) groups is 2. The van der Waals surface area contributed by atoms with Gasteiger partial charge in [0, 0.05) is 11.4 Å². The molecule has 1 amide bonds. The Morgan fingerprint density at radius 3 is 2.85 bits per heavy atom. The number of halogens is 1. The maximum absolute atomic E-state index is 12.0. The highest BCUT2D eigenvalue weighted by molar-refractivity contribution is 6.52. The van der Waals surface area contributed by atoms with Crippen LogP contribution < -0.4 is 4.90 Å². The number of carbonyl (C=O) groups excluding carboxylic acids is 2. The van der Waals surface area contributed by atoms with Crippen molar-refractivity contribution in [3.63, 3.8) is 0 Å². The third-order valence-corrected chi connectivity index (χ3v) is 3.28. The number of nitrogens with zero attached hydrogens (tertiary/aromatic N) is 3. The summed E-state index contributed by atoms with van der Waals surface area (Å²) in [4.78, 5) is 29.3. The zero-order valence-corrected chi connectivity index (χ0v) is 11.3. The molecule has 7 heteroatoms. The number of aryl methyl sites for hydroxylation is 1. The standard InChI is InChI=1S/C13H10ClN3O3/c1-2-11-15-10(16-20-11)6-17-9-5-7(14)3-4-8(9)12(18)13(17)19/h3-5H,2,6H2,1H3. The Morgan fingerprint density at radius 2 is 2.15 bits per heavy atom. The molecule has 20 heavy (non-hydrogen) atoms.